The van der Waals surface area contributed by atoms with Crippen molar-refractivity contribution in [1.29, 1.82) is 0 Å². The Morgan fingerprint density at radius 2 is 1.18 bits per heavy atom. The Morgan fingerprint density at radius 3 is 1.56 bits per heavy atom. The molecule has 0 saturated carbocycles. The fourth-order valence-corrected chi connectivity index (χ4v) is 7.18. The van der Waals surface area contributed by atoms with Crippen LogP contribution in [-0.2, 0) is 4.43 Å². The first kappa shape index (κ1) is 31.2. The Morgan fingerprint density at radius 1 is 0.765 bits per heavy atom. The van der Waals surface area contributed by atoms with E-state index in [9.17, 15) is 0 Å². The van der Waals surface area contributed by atoms with Crippen molar-refractivity contribution < 1.29 is 4.43 Å². The first-order valence-corrected chi connectivity index (χ1v) is 23.1. The number of hydrogen-bond acceptors (Lipinski definition) is 1. The van der Waals surface area contributed by atoms with Gasteiger partial charge in [0.05, 0.1) is 6.10 Å². The Balaban J connectivity index is 0.00000133. The van der Waals surface area contributed by atoms with Gasteiger partial charge < -0.3 is 4.43 Å². The van der Waals surface area contributed by atoms with Crippen molar-refractivity contribution in [3.8, 4) is 0 Å². The molecular weight excluding hydrogens is 535 g/mol. The first-order chi connectivity index (χ1) is 16.0. The summed E-state index contributed by atoms with van der Waals surface area (Å²) in [4.78, 5) is 7.09. The molecule has 0 bridgehead atoms. The number of hydrogen-bond donors (Lipinski definition) is 0. The summed E-state index contributed by atoms with van der Waals surface area (Å²) in [6, 6.07) is 9.24. The molecule has 34 heavy (non-hydrogen) atoms. The Kier molecular flexibility index (Phi) is 14.7. The number of benzene rings is 2. The van der Waals surface area contributed by atoms with Crippen molar-refractivity contribution in [2.24, 2.45) is 0 Å². The third-order valence-corrected chi connectivity index (χ3v) is 8.84. The molecule has 0 saturated heterocycles. The maximum absolute atomic E-state index is 6.87. The van der Waals surface area contributed by atoms with Gasteiger partial charge in [0.25, 0.3) is 9.04 Å². The molecule has 2 rings (SSSR count). The molecule has 3 heteroatoms. The molecule has 188 valence electrons. The van der Waals surface area contributed by atoms with Crippen LogP contribution in [0.4, 0.5) is 0 Å². The van der Waals surface area contributed by atoms with Crippen LogP contribution >= 0.6 is 0 Å². The summed E-state index contributed by atoms with van der Waals surface area (Å²) in [6.45, 7) is 17.8. The summed E-state index contributed by atoms with van der Waals surface area (Å²) in [5.41, 5.74) is 8.08. The van der Waals surface area contributed by atoms with Crippen LogP contribution in [0.3, 0.4) is 0 Å². The van der Waals surface area contributed by atoms with Gasteiger partial charge in [0, 0.05) is 0 Å². The van der Waals surface area contributed by atoms with Crippen molar-refractivity contribution in [2.45, 2.75) is 108 Å². The normalized spacial score (nSPS) is 12.4. The van der Waals surface area contributed by atoms with E-state index in [1.165, 1.54) is 69.4 Å². The third kappa shape index (κ3) is 10.8. The van der Waals surface area contributed by atoms with Crippen LogP contribution in [0.5, 0.6) is 0 Å². The van der Waals surface area contributed by atoms with Gasteiger partial charge in [-0.15, -0.1) is 0 Å². The van der Waals surface area contributed by atoms with Gasteiger partial charge in [-0.25, -0.2) is 0 Å². The standard InChI is InChI=1S/C28H41OSi.3CH3.Sn/c1-9-10-11-12-13-14-15-26(8)29-30(27-22(4)16-20(2)17-23(27)5)28-24(6)18-21(3)19-25(28)7;;;;/h14-19,26H,9-13H2,1-8H3;3*1H3;/b15-14+;;;;. The van der Waals surface area contributed by atoms with E-state index in [2.05, 4.69) is 107 Å². The molecule has 2 radical (unpaired) electrons. The molecule has 0 aliphatic heterocycles. The minimum absolute atomic E-state index is 0.116. The number of unbranched alkanes of at least 4 members (excludes halogenated alkanes) is 4. The molecule has 2 aromatic carbocycles. The van der Waals surface area contributed by atoms with E-state index < -0.39 is 28.8 Å². The van der Waals surface area contributed by atoms with Crippen LogP contribution in [0.2, 0.25) is 14.8 Å². The van der Waals surface area contributed by atoms with E-state index in [-0.39, 0.29) is 6.10 Å². The predicted octanol–water partition coefficient (Wildman–Crippen LogP) is 7.95. The quantitative estimate of drug-likeness (QED) is 0.156. The van der Waals surface area contributed by atoms with E-state index in [0.717, 1.165) is 6.42 Å². The second-order valence-corrected chi connectivity index (χ2v) is 20.9. The number of aryl methyl sites for hydroxylation is 6. The molecule has 0 heterocycles. The molecule has 2 aromatic rings. The van der Waals surface area contributed by atoms with Gasteiger partial charge in [-0.3, -0.25) is 0 Å². The first-order valence-electron chi connectivity index (χ1n) is 13.1. The summed E-state index contributed by atoms with van der Waals surface area (Å²) in [5.74, 6) is 0. The summed E-state index contributed by atoms with van der Waals surface area (Å²) in [6.07, 6.45) is 11.1. The molecule has 1 nitrogen and oxygen atoms in total. The van der Waals surface area contributed by atoms with Gasteiger partial charge in [0.15, 0.2) is 0 Å². The van der Waals surface area contributed by atoms with Crippen LogP contribution in [-0.4, -0.2) is 34.9 Å². The molecule has 0 fully saturated rings. The van der Waals surface area contributed by atoms with E-state index in [1.807, 2.05) is 0 Å². The zero-order valence-electron chi connectivity index (χ0n) is 24.0. The van der Waals surface area contributed by atoms with Crippen molar-refractivity contribution >= 4 is 39.2 Å². The zero-order valence-corrected chi connectivity index (χ0v) is 27.8. The molecule has 0 N–H and O–H groups in total. The SMILES string of the molecule is CCCCCC/C=C/C(C)O[Si](c1c(C)cc(C)cc1C)c1c(C)cc(C)cc1C.[CH3][Sn]([CH3])[CH3]. The molecule has 0 aromatic heterocycles. The number of allylic oxidation sites excluding steroid dienone is 1. The van der Waals surface area contributed by atoms with Crippen LogP contribution in [0.15, 0.2) is 36.4 Å². The van der Waals surface area contributed by atoms with Crippen LogP contribution < -0.4 is 10.4 Å². The summed E-state index contributed by atoms with van der Waals surface area (Å²) in [7, 11) is -1.35. The average molecular weight is 586 g/mol. The molecular formula is C31H50OSiSn. The van der Waals surface area contributed by atoms with Crippen molar-refractivity contribution in [1.82, 2.24) is 0 Å². The van der Waals surface area contributed by atoms with E-state index in [1.54, 1.807) is 0 Å². The molecule has 0 amide bonds. The molecule has 1 atom stereocenters. The van der Waals surface area contributed by atoms with Gasteiger partial charge in [-0.1, -0.05) is 73.7 Å². The molecule has 0 spiro atoms. The summed E-state index contributed by atoms with van der Waals surface area (Å²) >= 11 is -0.543. The van der Waals surface area contributed by atoms with Crippen molar-refractivity contribution in [2.75, 3.05) is 0 Å². The Bertz CT molecular complexity index is 809. The van der Waals surface area contributed by atoms with Crippen LogP contribution in [0.1, 0.15) is 79.3 Å². The second-order valence-electron chi connectivity index (χ2n) is 10.5. The van der Waals surface area contributed by atoms with E-state index in [0.29, 0.717) is 0 Å². The van der Waals surface area contributed by atoms with Gasteiger partial charge in [-0.05, 0) is 93.9 Å². The molecule has 1 unspecified atom stereocenters. The topological polar surface area (TPSA) is 9.23 Å². The maximum atomic E-state index is 6.87. The van der Waals surface area contributed by atoms with E-state index >= 15 is 0 Å². The molecule has 0 aliphatic carbocycles. The Hall–Kier alpha value is -0.844. The van der Waals surface area contributed by atoms with Crippen molar-refractivity contribution in [3.05, 3.63) is 69.8 Å². The van der Waals surface area contributed by atoms with Gasteiger partial charge in [0.1, 0.15) is 0 Å². The summed E-state index contributed by atoms with van der Waals surface area (Å²) in [5, 5.41) is 2.84. The fourth-order valence-electron chi connectivity index (χ4n) is 4.52. The third-order valence-electron chi connectivity index (χ3n) is 5.74. The predicted molar refractivity (Wildman–Crippen MR) is 158 cm³/mol. The van der Waals surface area contributed by atoms with E-state index in [4.69, 9.17) is 4.43 Å². The van der Waals surface area contributed by atoms with Gasteiger partial charge >= 0.3 is 34.6 Å². The van der Waals surface area contributed by atoms with Gasteiger partial charge in [-0.2, -0.15) is 0 Å². The van der Waals surface area contributed by atoms with Crippen molar-refractivity contribution in [3.63, 3.8) is 0 Å². The molecule has 0 aliphatic rings. The van der Waals surface area contributed by atoms with Gasteiger partial charge in [0.2, 0.25) is 0 Å². The average Bonchev–Trinajstić information content (AvgIpc) is 2.68. The summed E-state index contributed by atoms with van der Waals surface area (Å²) < 4.78 is 6.87. The van der Waals surface area contributed by atoms with Crippen LogP contribution in [0.25, 0.3) is 0 Å². The Labute approximate surface area is 220 Å². The number of rotatable bonds is 10. The van der Waals surface area contributed by atoms with Crippen LogP contribution in [0, 0.1) is 41.5 Å². The monoisotopic (exact) mass is 586 g/mol. The minimum atomic E-state index is -1.35. The second kappa shape index (κ2) is 16.0. The zero-order chi connectivity index (χ0) is 25.8. The fraction of sp³-hybridized carbons (Fsp3) is 0.548.